The Balaban J connectivity index is 1.77. The van der Waals surface area contributed by atoms with Crippen molar-refractivity contribution < 1.29 is 9.90 Å². The van der Waals surface area contributed by atoms with Gasteiger partial charge in [-0.05, 0) is 32.7 Å². The summed E-state index contributed by atoms with van der Waals surface area (Å²) in [6, 6.07) is 0.116. The molecule has 2 aliphatic rings. The van der Waals surface area contributed by atoms with E-state index in [0.29, 0.717) is 13.1 Å². The highest BCUT2D eigenvalue weighted by molar-refractivity contribution is 7.09. The van der Waals surface area contributed by atoms with E-state index < -0.39 is 11.4 Å². The molecule has 0 aliphatic carbocycles. The van der Waals surface area contributed by atoms with Crippen LogP contribution in [0.1, 0.15) is 30.0 Å². The molecule has 0 bridgehead atoms. The fourth-order valence-corrected chi connectivity index (χ4v) is 4.90. The second-order valence-corrected chi connectivity index (χ2v) is 7.82. The molecule has 3 N–H and O–H groups in total. The van der Waals surface area contributed by atoms with Crippen molar-refractivity contribution in [2.75, 3.05) is 32.7 Å². The highest BCUT2D eigenvalue weighted by Gasteiger charge is 2.53. The topological polar surface area (TPSA) is 82.7 Å². The second kappa shape index (κ2) is 6.84. The largest absolute Gasteiger partial charge is 0.481 e. The minimum Gasteiger partial charge on any atom is -0.481 e. The first-order chi connectivity index (χ1) is 11.0. The number of nitrogens with two attached hydrogens (primary N) is 1. The fourth-order valence-electron chi connectivity index (χ4n) is 4.29. The molecule has 2 aliphatic heterocycles. The Morgan fingerprint density at radius 3 is 3.04 bits per heavy atom. The van der Waals surface area contributed by atoms with E-state index >= 15 is 0 Å². The van der Waals surface area contributed by atoms with Crippen molar-refractivity contribution in [3.63, 3.8) is 0 Å². The third-order valence-electron chi connectivity index (χ3n) is 5.27. The highest BCUT2D eigenvalue weighted by Crippen LogP contribution is 2.42. The van der Waals surface area contributed by atoms with Crippen LogP contribution in [0.25, 0.3) is 0 Å². The average molecular weight is 338 g/mol. The van der Waals surface area contributed by atoms with Crippen LogP contribution in [-0.2, 0) is 11.3 Å². The second-order valence-electron chi connectivity index (χ2n) is 6.76. The van der Waals surface area contributed by atoms with E-state index in [1.165, 1.54) is 0 Å². The molecular weight excluding hydrogens is 312 g/mol. The molecule has 7 heteroatoms. The van der Waals surface area contributed by atoms with E-state index in [-0.39, 0.29) is 6.04 Å². The zero-order valence-electron chi connectivity index (χ0n) is 13.7. The molecule has 3 rings (SSSR count). The van der Waals surface area contributed by atoms with Crippen molar-refractivity contribution in [2.45, 2.75) is 38.8 Å². The number of hydrogen-bond acceptors (Lipinski definition) is 6. The molecule has 6 nitrogen and oxygen atoms in total. The minimum absolute atomic E-state index is 0.116. The van der Waals surface area contributed by atoms with Crippen LogP contribution >= 0.6 is 11.3 Å². The molecular formula is C16H26N4O2S. The van der Waals surface area contributed by atoms with Gasteiger partial charge in [-0.3, -0.25) is 14.6 Å². The quantitative estimate of drug-likeness (QED) is 0.838. The number of thiazole rings is 1. The number of carboxylic acid groups (broad SMARTS) is 1. The molecule has 2 saturated heterocycles. The Bertz CT molecular complexity index is 562. The number of rotatable bonds is 5. The molecule has 0 spiro atoms. The fraction of sp³-hybridized carbons (Fsp3) is 0.750. The molecule has 2 atom stereocenters. The third-order valence-corrected chi connectivity index (χ3v) is 6.09. The molecule has 2 fully saturated rings. The predicted molar refractivity (Wildman–Crippen MR) is 90.5 cm³/mol. The highest BCUT2D eigenvalue weighted by atomic mass is 32.1. The van der Waals surface area contributed by atoms with Gasteiger partial charge in [0, 0.05) is 44.1 Å². The summed E-state index contributed by atoms with van der Waals surface area (Å²) in [5, 5.41) is 13.1. The van der Waals surface area contributed by atoms with E-state index in [1.54, 1.807) is 11.3 Å². The van der Waals surface area contributed by atoms with Gasteiger partial charge in [0.05, 0.1) is 16.1 Å². The number of fused-ring (bicyclic) bond motifs is 1. The van der Waals surface area contributed by atoms with Gasteiger partial charge in [-0.25, -0.2) is 4.98 Å². The number of aliphatic carboxylic acids is 1. The number of nitrogens with zero attached hydrogens (tertiary/aromatic N) is 3. The molecule has 0 unspecified atom stereocenters. The lowest BCUT2D eigenvalue weighted by atomic mass is 9.69. The first kappa shape index (κ1) is 16.8. The Hall–Kier alpha value is -1.02. The number of hydrogen-bond donors (Lipinski definition) is 2. The van der Waals surface area contributed by atoms with Crippen LogP contribution in [0.2, 0.25) is 0 Å². The number of carbonyl (C=O) groups is 1. The van der Waals surface area contributed by atoms with Crippen LogP contribution in [0.3, 0.4) is 0 Å². The van der Waals surface area contributed by atoms with Gasteiger partial charge in [0.1, 0.15) is 0 Å². The van der Waals surface area contributed by atoms with Gasteiger partial charge in [-0.2, -0.15) is 0 Å². The third kappa shape index (κ3) is 3.28. The van der Waals surface area contributed by atoms with Crippen molar-refractivity contribution >= 4 is 17.3 Å². The molecule has 0 amide bonds. The van der Waals surface area contributed by atoms with Crippen LogP contribution < -0.4 is 5.73 Å². The van der Waals surface area contributed by atoms with Crippen LogP contribution in [-0.4, -0.2) is 64.6 Å². The molecule has 0 radical (unpaired) electrons. The van der Waals surface area contributed by atoms with Gasteiger partial charge < -0.3 is 10.8 Å². The Morgan fingerprint density at radius 1 is 1.57 bits per heavy atom. The molecule has 128 valence electrons. The van der Waals surface area contributed by atoms with Gasteiger partial charge in [0.2, 0.25) is 0 Å². The maximum absolute atomic E-state index is 12.2. The first-order valence-electron chi connectivity index (χ1n) is 8.36. The lowest BCUT2D eigenvalue weighted by Crippen LogP contribution is -2.64. The van der Waals surface area contributed by atoms with Gasteiger partial charge >= 0.3 is 5.97 Å². The van der Waals surface area contributed by atoms with Crippen LogP contribution in [0.15, 0.2) is 5.38 Å². The zero-order chi connectivity index (χ0) is 16.4. The summed E-state index contributed by atoms with van der Waals surface area (Å²) in [5.41, 5.74) is 6.13. The standard InChI is InChI=1S/C16H26N4O2S/c1-12-18-13(10-23-12)9-19-7-3-14-16(11-19,15(21)22)4-2-6-20(14)8-5-17/h10,14H,2-9,11,17H2,1H3,(H,21,22)/t14-,16+/m1/s1. The van der Waals surface area contributed by atoms with Gasteiger partial charge in [-0.15, -0.1) is 11.3 Å². The summed E-state index contributed by atoms with van der Waals surface area (Å²) in [5.74, 6) is -0.650. The molecule has 0 saturated carbocycles. The SMILES string of the molecule is Cc1nc(CN2CC[C@H]3N(CCN)CCC[C@]3(C(=O)O)C2)cs1. The Labute approximate surface area is 141 Å². The lowest BCUT2D eigenvalue weighted by molar-refractivity contribution is -0.164. The predicted octanol–water partition coefficient (Wildman–Crippen LogP) is 1.15. The summed E-state index contributed by atoms with van der Waals surface area (Å²) in [4.78, 5) is 21.3. The maximum Gasteiger partial charge on any atom is 0.312 e. The summed E-state index contributed by atoms with van der Waals surface area (Å²) >= 11 is 1.65. The zero-order valence-corrected chi connectivity index (χ0v) is 14.5. The van der Waals surface area contributed by atoms with Crippen LogP contribution in [0, 0.1) is 12.3 Å². The monoisotopic (exact) mass is 338 g/mol. The van der Waals surface area contributed by atoms with Crippen molar-refractivity contribution in [3.05, 3.63) is 16.1 Å². The Kier molecular flexibility index (Phi) is 5.01. The summed E-state index contributed by atoms with van der Waals surface area (Å²) in [7, 11) is 0. The normalized spacial score (nSPS) is 29.4. The van der Waals surface area contributed by atoms with Crippen LogP contribution in [0.4, 0.5) is 0 Å². The summed E-state index contributed by atoms with van der Waals surface area (Å²) < 4.78 is 0. The maximum atomic E-state index is 12.2. The van der Waals surface area contributed by atoms with E-state index in [0.717, 1.165) is 56.1 Å². The Morgan fingerprint density at radius 2 is 2.39 bits per heavy atom. The van der Waals surface area contributed by atoms with E-state index in [9.17, 15) is 9.90 Å². The van der Waals surface area contributed by atoms with Crippen LogP contribution in [0.5, 0.6) is 0 Å². The van der Waals surface area contributed by atoms with Crippen molar-refractivity contribution in [1.82, 2.24) is 14.8 Å². The molecule has 1 aromatic heterocycles. The lowest BCUT2D eigenvalue weighted by Gasteiger charge is -2.52. The number of likely N-dealkylation sites (tertiary alicyclic amines) is 2. The number of piperidine rings is 2. The van der Waals surface area contributed by atoms with Gasteiger partial charge in [0.25, 0.3) is 0 Å². The number of aryl methyl sites for hydroxylation is 1. The van der Waals surface area contributed by atoms with Crippen molar-refractivity contribution in [2.24, 2.45) is 11.1 Å². The molecule has 1 aromatic rings. The van der Waals surface area contributed by atoms with E-state index in [4.69, 9.17) is 5.73 Å². The molecule has 0 aromatic carbocycles. The van der Waals surface area contributed by atoms with E-state index in [2.05, 4.69) is 20.2 Å². The van der Waals surface area contributed by atoms with Gasteiger partial charge in [-0.1, -0.05) is 0 Å². The first-order valence-corrected chi connectivity index (χ1v) is 9.24. The van der Waals surface area contributed by atoms with E-state index in [1.807, 2.05) is 6.92 Å². The molecule has 23 heavy (non-hydrogen) atoms. The molecule has 3 heterocycles. The van der Waals surface area contributed by atoms with Crippen molar-refractivity contribution in [3.8, 4) is 0 Å². The average Bonchev–Trinajstić information content (AvgIpc) is 2.92. The number of carboxylic acids is 1. The number of aromatic nitrogens is 1. The van der Waals surface area contributed by atoms with Gasteiger partial charge in [0.15, 0.2) is 0 Å². The summed E-state index contributed by atoms with van der Waals surface area (Å²) in [6.07, 6.45) is 2.60. The summed E-state index contributed by atoms with van der Waals surface area (Å²) in [6.45, 7) is 6.66. The van der Waals surface area contributed by atoms with Crippen molar-refractivity contribution in [1.29, 1.82) is 0 Å². The minimum atomic E-state index is -0.656. The smallest absolute Gasteiger partial charge is 0.312 e.